The summed E-state index contributed by atoms with van der Waals surface area (Å²) < 4.78 is 32.8. The number of sulfonamides is 1. The van der Waals surface area contributed by atoms with E-state index in [9.17, 15) is 23.3 Å². The van der Waals surface area contributed by atoms with Crippen LogP contribution in [0.25, 0.3) is 0 Å². The summed E-state index contributed by atoms with van der Waals surface area (Å²) in [6.45, 7) is 7.20. The Morgan fingerprint density at radius 3 is 2.65 bits per heavy atom. The van der Waals surface area contributed by atoms with Crippen LogP contribution in [0.5, 0.6) is 0 Å². The molecule has 0 bridgehead atoms. The van der Waals surface area contributed by atoms with Gasteiger partial charge in [0.25, 0.3) is 5.91 Å². The van der Waals surface area contributed by atoms with Crippen LogP contribution in [-0.2, 0) is 32.5 Å². The van der Waals surface area contributed by atoms with Crippen LogP contribution in [0, 0.1) is 17.2 Å². The Hall–Kier alpha value is -2.78. The second kappa shape index (κ2) is 11.7. The van der Waals surface area contributed by atoms with Crippen molar-refractivity contribution in [3.8, 4) is 6.07 Å². The molecule has 2 aromatic rings. The van der Waals surface area contributed by atoms with Crippen molar-refractivity contribution in [2.45, 2.75) is 51.0 Å². The second-order valence-corrected chi connectivity index (χ2v) is 12.3. The number of amides is 1. The third-order valence-electron chi connectivity index (χ3n) is 6.77. The number of benzene rings is 1. The van der Waals surface area contributed by atoms with Crippen molar-refractivity contribution in [3.05, 3.63) is 45.8 Å². The maximum Gasteiger partial charge on any atom is 0.310 e. The highest BCUT2D eigenvalue weighted by atomic mass is 32.2. The van der Waals surface area contributed by atoms with Crippen LogP contribution in [0.1, 0.15) is 59.5 Å². The van der Waals surface area contributed by atoms with Gasteiger partial charge in [0.1, 0.15) is 11.1 Å². The molecule has 1 saturated heterocycles. The molecule has 0 spiro atoms. The van der Waals surface area contributed by atoms with E-state index in [1.54, 1.807) is 6.92 Å². The van der Waals surface area contributed by atoms with E-state index in [0.29, 0.717) is 35.5 Å². The maximum atomic E-state index is 13.2. The molecule has 3 heterocycles. The average Bonchev–Trinajstić information content (AvgIpc) is 3.25. The molecule has 198 valence electrons. The third kappa shape index (κ3) is 5.88. The number of hydrogen-bond acceptors (Lipinski definition) is 8. The van der Waals surface area contributed by atoms with E-state index in [-0.39, 0.29) is 24.0 Å². The number of carbonyl (C=O) groups is 2. The van der Waals surface area contributed by atoms with E-state index >= 15 is 0 Å². The fourth-order valence-corrected chi connectivity index (χ4v) is 7.64. The minimum atomic E-state index is -3.82. The van der Waals surface area contributed by atoms with Gasteiger partial charge in [-0.25, -0.2) is 8.42 Å². The number of nitriles is 1. The normalized spacial score (nSPS) is 18.6. The minimum Gasteiger partial charge on any atom is -0.466 e. The predicted octanol–water partition coefficient (Wildman–Crippen LogP) is 3.60. The van der Waals surface area contributed by atoms with Crippen LogP contribution < -0.4 is 5.32 Å². The first-order valence-corrected chi connectivity index (χ1v) is 14.9. The molecule has 1 N–H and O–H groups in total. The summed E-state index contributed by atoms with van der Waals surface area (Å²) >= 11 is 1.43. The molecule has 2 aliphatic rings. The predicted molar refractivity (Wildman–Crippen MR) is 141 cm³/mol. The van der Waals surface area contributed by atoms with Gasteiger partial charge < -0.3 is 10.1 Å². The van der Waals surface area contributed by atoms with Crippen LogP contribution in [0.15, 0.2) is 29.2 Å². The van der Waals surface area contributed by atoms with Crippen molar-refractivity contribution in [1.29, 1.82) is 5.26 Å². The van der Waals surface area contributed by atoms with E-state index < -0.39 is 21.8 Å². The Morgan fingerprint density at radius 1 is 1.22 bits per heavy atom. The Kier molecular flexibility index (Phi) is 8.64. The molecule has 0 saturated carbocycles. The van der Waals surface area contributed by atoms with E-state index in [1.165, 1.54) is 39.9 Å². The number of fused-ring (bicyclic) bond motifs is 1. The quantitative estimate of drug-likeness (QED) is 0.504. The minimum absolute atomic E-state index is 0.0638. The monoisotopic (exact) mass is 544 g/mol. The van der Waals surface area contributed by atoms with Gasteiger partial charge in [-0.2, -0.15) is 9.57 Å². The van der Waals surface area contributed by atoms with Crippen molar-refractivity contribution < 1.29 is 22.7 Å². The van der Waals surface area contributed by atoms with Gasteiger partial charge >= 0.3 is 5.97 Å². The largest absolute Gasteiger partial charge is 0.466 e. The molecular weight excluding hydrogens is 512 g/mol. The molecule has 1 atom stereocenters. The molecule has 0 aliphatic carbocycles. The van der Waals surface area contributed by atoms with E-state index in [0.717, 1.165) is 42.9 Å². The molecule has 11 heteroatoms. The average molecular weight is 545 g/mol. The zero-order valence-electron chi connectivity index (χ0n) is 21.2. The number of carbonyl (C=O) groups excluding carboxylic acids is 2. The molecule has 0 radical (unpaired) electrons. The SMILES string of the molecule is CCCN1CCc2c(sc(NC(=O)c3ccc(S(=O)(=O)N4CCCC(C(=O)OCC)C4)cc3)c2C#N)C1. The zero-order valence-corrected chi connectivity index (χ0v) is 22.8. The fraction of sp³-hybridized carbons (Fsp3) is 0.500. The number of esters is 1. The molecule has 4 rings (SSSR count). The molecule has 2 aliphatic heterocycles. The number of thiophene rings is 1. The van der Waals surface area contributed by atoms with Gasteiger partial charge in [-0.1, -0.05) is 6.92 Å². The standard InChI is InChI=1S/C26H32N4O5S2/c1-3-12-29-14-11-21-22(15-27)25(36-23(21)17-29)28-24(31)18-7-9-20(10-8-18)37(33,34)30-13-5-6-19(16-30)26(32)35-4-2/h7-10,19H,3-6,11-14,16-17H2,1-2H3,(H,28,31). The molecule has 37 heavy (non-hydrogen) atoms. The number of ether oxygens (including phenoxy) is 1. The first-order valence-electron chi connectivity index (χ1n) is 12.6. The van der Waals surface area contributed by atoms with E-state index in [4.69, 9.17) is 4.74 Å². The molecule has 1 aromatic carbocycles. The van der Waals surface area contributed by atoms with Crippen molar-refractivity contribution in [2.24, 2.45) is 5.92 Å². The number of nitrogens with zero attached hydrogens (tertiary/aromatic N) is 3. The summed E-state index contributed by atoms with van der Waals surface area (Å²) in [5.74, 6) is -1.25. The molecule has 1 amide bonds. The second-order valence-electron chi connectivity index (χ2n) is 9.28. The lowest BCUT2D eigenvalue weighted by atomic mass is 10.0. The summed E-state index contributed by atoms with van der Waals surface area (Å²) in [7, 11) is -3.82. The van der Waals surface area contributed by atoms with Crippen LogP contribution >= 0.6 is 11.3 Å². The van der Waals surface area contributed by atoms with Gasteiger partial charge in [0, 0.05) is 36.6 Å². The van der Waals surface area contributed by atoms with Crippen LogP contribution in [0.2, 0.25) is 0 Å². The number of rotatable bonds is 8. The van der Waals surface area contributed by atoms with Crippen molar-refractivity contribution in [3.63, 3.8) is 0 Å². The number of anilines is 1. The van der Waals surface area contributed by atoms with Gasteiger partial charge in [-0.3, -0.25) is 14.5 Å². The van der Waals surface area contributed by atoms with Crippen molar-refractivity contribution >= 4 is 38.2 Å². The fourth-order valence-electron chi connectivity index (χ4n) is 4.89. The van der Waals surface area contributed by atoms with E-state index in [2.05, 4.69) is 23.2 Å². The van der Waals surface area contributed by atoms with E-state index in [1.807, 2.05) is 0 Å². The summed E-state index contributed by atoms with van der Waals surface area (Å²) in [5, 5.41) is 13.1. The smallest absolute Gasteiger partial charge is 0.310 e. The highest BCUT2D eigenvalue weighted by molar-refractivity contribution is 7.89. The van der Waals surface area contributed by atoms with Crippen LogP contribution in [0.4, 0.5) is 5.00 Å². The maximum absolute atomic E-state index is 13.2. The number of hydrogen-bond donors (Lipinski definition) is 1. The molecule has 1 aromatic heterocycles. The first-order chi connectivity index (χ1) is 17.8. The van der Waals surface area contributed by atoms with Crippen molar-refractivity contribution in [2.75, 3.05) is 38.1 Å². The van der Waals surface area contributed by atoms with Gasteiger partial charge in [0.05, 0.1) is 23.0 Å². The van der Waals surface area contributed by atoms with Crippen molar-refractivity contribution in [1.82, 2.24) is 9.21 Å². The highest BCUT2D eigenvalue weighted by Crippen LogP contribution is 2.37. The Balaban J connectivity index is 1.46. The number of nitrogens with one attached hydrogen (secondary N) is 1. The molecule has 1 fully saturated rings. The summed E-state index contributed by atoms with van der Waals surface area (Å²) in [4.78, 5) is 28.6. The summed E-state index contributed by atoms with van der Waals surface area (Å²) in [6.07, 6.45) is 3.01. The lowest BCUT2D eigenvalue weighted by Crippen LogP contribution is -2.42. The van der Waals surface area contributed by atoms with Gasteiger partial charge in [-0.05, 0) is 69.0 Å². The van der Waals surface area contributed by atoms with Gasteiger partial charge in [-0.15, -0.1) is 11.3 Å². The highest BCUT2D eigenvalue weighted by Gasteiger charge is 2.34. The number of piperidine rings is 1. The topological polar surface area (TPSA) is 120 Å². The first kappa shape index (κ1) is 27.3. The Morgan fingerprint density at radius 2 is 1.97 bits per heavy atom. The zero-order chi connectivity index (χ0) is 26.6. The van der Waals surface area contributed by atoms with Gasteiger partial charge in [0.2, 0.25) is 10.0 Å². The third-order valence-corrected chi connectivity index (χ3v) is 9.78. The molecule has 9 nitrogen and oxygen atoms in total. The van der Waals surface area contributed by atoms with Gasteiger partial charge in [0.15, 0.2) is 0 Å². The Bertz CT molecular complexity index is 1300. The lowest BCUT2D eigenvalue weighted by Gasteiger charge is -2.30. The molecule has 1 unspecified atom stereocenters. The van der Waals surface area contributed by atoms with Crippen LogP contribution in [-0.4, -0.2) is 62.3 Å². The summed E-state index contributed by atoms with van der Waals surface area (Å²) in [6, 6.07) is 8.01. The Labute approximate surface area is 222 Å². The lowest BCUT2D eigenvalue weighted by molar-refractivity contribution is -0.149. The molecular formula is C26H32N4O5S2. The van der Waals surface area contributed by atoms with Crippen LogP contribution in [0.3, 0.4) is 0 Å². The summed E-state index contributed by atoms with van der Waals surface area (Å²) in [5.41, 5.74) is 1.83.